The number of nitrogens with zero attached hydrogens (tertiary/aromatic N) is 3. The van der Waals surface area contributed by atoms with Crippen molar-refractivity contribution in [1.29, 1.82) is 0 Å². The van der Waals surface area contributed by atoms with Gasteiger partial charge in [-0.1, -0.05) is 0 Å². The lowest BCUT2D eigenvalue weighted by Crippen LogP contribution is -2.27. The summed E-state index contributed by atoms with van der Waals surface area (Å²) in [7, 11) is 0. The zero-order valence-electron chi connectivity index (χ0n) is 12.2. The minimum Gasteiger partial charge on any atom is -0.480 e. The van der Waals surface area contributed by atoms with Gasteiger partial charge in [-0.15, -0.1) is 11.3 Å². The Balaban J connectivity index is 2.05. The molecule has 0 unspecified atom stereocenters. The maximum Gasteiger partial charge on any atom is 0.323 e. The Morgan fingerprint density at radius 1 is 1.39 bits per heavy atom. The Morgan fingerprint density at radius 3 is 3.00 bits per heavy atom. The van der Waals surface area contributed by atoms with Crippen LogP contribution in [0.25, 0.3) is 21.6 Å². The Bertz CT molecular complexity index is 976. The van der Waals surface area contributed by atoms with Crippen molar-refractivity contribution in [1.82, 2.24) is 14.5 Å². The predicted octanol–water partition coefficient (Wildman–Crippen LogP) is 2.09. The molecule has 1 aliphatic rings. The molecule has 4 rings (SSSR count). The van der Waals surface area contributed by atoms with Crippen LogP contribution in [0.4, 0.5) is 0 Å². The first kappa shape index (κ1) is 14.1. The third-order valence-corrected chi connectivity index (χ3v) is 5.22. The van der Waals surface area contributed by atoms with E-state index in [1.807, 2.05) is 0 Å². The number of carboxylic acid groups (broad SMARTS) is 1. The highest BCUT2D eigenvalue weighted by atomic mass is 32.1. The Hall–Kier alpha value is -2.54. The maximum absolute atomic E-state index is 12.9. The number of aryl methyl sites for hydroxylation is 2. The minimum absolute atomic E-state index is 0.268. The van der Waals surface area contributed by atoms with E-state index in [4.69, 9.17) is 0 Å². The van der Waals surface area contributed by atoms with Crippen LogP contribution in [0, 0.1) is 0 Å². The molecule has 0 aliphatic heterocycles. The van der Waals surface area contributed by atoms with Gasteiger partial charge in [0.25, 0.3) is 5.56 Å². The molecule has 0 spiro atoms. The van der Waals surface area contributed by atoms with E-state index in [-0.39, 0.29) is 5.56 Å². The summed E-state index contributed by atoms with van der Waals surface area (Å²) in [5.41, 5.74) is 1.43. The van der Waals surface area contributed by atoms with Crippen LogP contribution in [-0.4, -0.2) is 25.6 Å². The van der Waals surface area contributed by atoms with Crippen molar-refractivity contribution in [3.8, 4) is 11.4 Å². The van der Waals surface area contributed by atoms with Gasteiger partial charge in [-0.05, 0) is 37.0 Å². The number of aliphatic carboxylic acids is 1. The van der Waals surface area contributed by atoms with Gasteiger partial charge in [-0.3, -0.25) is 19.1 Å². The first-order valence-corrected chi connectivity index (χ1v) is 8.14. The van der Waals surface area contributed by atoms with E-state index in [2.05, 4.69) is 9.97 Å². The summed E-state index contributed by atoms with van der Waals surface area (Å²) in [6, 6.07) is 3.52. The molecule has 0 saturated carbocycles. The molecule has 1 N–H and O–H groups in total. The highest BCUT2D eigenvalue weighted by molar-refractivity contribution is 7.18. The van der Waals surface area contributed by atoms with E-state index in [0.29, 0.717) is 21.6 Å². The number of hydrogen-bond acceptors (Lipinski definition) is 5. The maximum atomic E-state index is 12.9. The van der Waals surface area contributed by atoms with Crippen LogP contribution in [0.5, 0.6) is 0 Å². The summed E-state index contributed by atoms with van der Waals surface area (Å²) in [4.78, 5) is 34.7. The molecule has 0 radical (unpaired) electrons. The lowest BCUT2D eigenvalue weighted by molar-refractivity contribution is -0.137. The fraction of sp³-hybridized carbons (Fsp3) is 0.250. The fourth-order valence-electron chi connectivity index (χ4n) is 3.07. The normalized spacial score (nSPS) is 13.4. The monoisotopic (exact) mass is 327 g/mol. The van der Waals surface area contributed by atoms with Gasteiger partial charge in [0.2, 0.25) is 0 Å². The van der Waals surface area contributed by atoms with E-state index in [0.717, 1.165) is 24.8 Å². The molecule has 1 aliphatic carbocycles. The second kappa shape index (κ2) is 5.27. The molecular weight excluding hydrogens is 314 g/mol. The van der Waals surface area contributed by atoms with Crippen molar-refractivity contribution < 1.29 is 9.90 Å². The van der Waals surface area contributed by atoms with Crippen LogP contribution in [0.2, 0.25) is 0 Å². The molecule has 7 heteroatoms. The van der Waals surface area contributed by atoms with Crippen LogP contribution in [0.15, 0.2) is 29.3 Å². The minimum atomic E-state index is -1.06. The number of hydrogen-bond donors (Lipinski definition) is 1. The van der Waals surface area contributed by atoms with E-state index in [9.17, 15) is 14.7 Å². The third-order valence-electron chi connectivity index (χ3n) is 4.04. The number of pyridine rings is 1. The van der Waals surface area contributed by atoms with Crippen molar-refractivity contribution >= 4 is 27.5 Å². The molecule has 0 saturated heterocycles. The van der Waals surface area contributed by atoms with Crippen LogP contribution in [-0.2, 0) is 24.2 Å². The van der Waals surface area contributed by atoms with Gasteiger partial charge in [0, 0.05) is 22.8 Å². The van der Waals surface area contributed by atoms with Crippen molar-refractivity contribution in [2.75, 3.05) is 0 Å². The van der Waals surface area contributed by atoms with Gasteiger partial charge >= 0.3 is 5.97 Å². The average molecular weight is 327 g/mol. The summed E-state index contributed by atoms with van der Waals surface area (Å²) in [5.74, 6) is -0.705. The highest BCUT2D eigenvalue weighted by Crippen LogP contribution is 2.35. The number of rotatable bonds is 3. The lowest BCUT2D eigenvalue weighted by atomic mass is 10.2. The van der Waals surface area contributed by atoms with Gasteiger partial charge in [0.15, 0.2) is 0 Å². The van der Waals surface area contributed by atoms with Crippen LogP contribution >= 0.6 is 11.3 Å². The molecule has 6 nitrogen and oxygen atoms in total. The van der Waals surface area contributed by atoms with Crippen molar-refractivity contribution in [2.24, 2.45) is 0 Å². The van der Waals surface area contributed by atoms with Gasteiger partial charge in [0.1, 0.15) is 17.2 Å². The molecule has 0 atom stereocenters. The molecule has 23 heavy (non-hydrogen) atoms. The van der Waals surface area contributed by atoms with Gasteiger partial charge in [-0.2, -0.15) is 0 Å². The molecule has 3 aromatic heterocycles. The number of aromatic nitrogens is 3. The molecule has 116 valence electrons. The number of carboxylic acids is 1. The number of thiophene rings is 1. The molecule has 0 amide bonds. The Kier molecular flexibility index (Phi) is 3.23. The van der Waals surface area contributed by atoms with Gasteiger partial charge < -0.3 is 5.11 Å². The van der Waals surface area contributed by atoms with E-state index >= 15 is 0 Å². The van der Waals surface area contributed by atoms with Crippen molar-refractivity contribution in [3.05, 3.63) is 45.3 Å². The lowest BCUT2D eigenvalue weighted by Gasteiger charge is -2.10. The largest absolute Gasteiger partial charge is 0.480 e. The summed E-state index contributed by atoms with van der Waals surface area (Å²) in [6.07, 6.45) is 6.09. The Labute approximate surface area is 135 Å². The first-order chi connectivity index (χ1) is 11.1. The topological polar surface area (TPSA) is 85.1 Å². The fourth-order valence-corrected chi connectivity index (χ4v) is 4.33. The summed E-state index contributed by atoms with van der Waals surface area (Å²) >= 11 is 1.54. The summed E-state index contributed by atoms with van der Waals surface area (Å²) in [5, 5.41) is 9.77. The second-order valence-corrected chi connectivity index (χ2v) is 6.58. The van der Waals surface area contributed by atoms with Crippen molar-refractivity contribution in [2.45, 2.75) is 25.8 Å². The quantitative estimate of drug-likeness (QED) is 0.796. The summed E-state index contributed by atoms with van der Waals surface area (Å²) < 4.78 is 1.24. The molecular formula is C16H13N3O3S. The Morgan fingerprint density at radius 2 is 2.26 bits per heavy atom. The highest BCUT2D eigenvalue weighted by Gasteiger charge is 2.24. The van der Waals surface area contributed by atoms with E-state index in [1.54, 1.807) is 35.9 Å². The molecule has 0 aromatic carbocycles. The molecule has 0 bridgehead atoms. The van der Waals surface area contributed by atoms with E-state index in [1.165, 1.54) is 9.44 Å². The van der Waals surface area contributed by atoms with Crippen LogP contribution in [0.3, 0.4) is 0 Å². The number of carbonyl (C=O) groups is 1. The van der Waals surface area contributed by atoms with Crippen LogP contribution < -0.4 is 5.56 Å². The smallest absolute Gasteiger partial charge is 0.323 e. The SMILES string of the molecule is O=C(O)Cn1c(-c2cccnc2)nc2sc3c(c2c1=O)CCC3. The number of fused-ring (bicyclic) bond motifs is 3. The van der Waals surface area contributed by atoms with Crippen molar-refractivity contribution in [3.63, 3.8) is 0 Å². The summed E-state index contributed by atoms with van der Waals surface area (Å²) in [6.45, 7) is -0.406. The molecule has 0 fully saturated rings. The predicted molar refractivity (Wildman–Crippen MR) is 86.8 cm³/mol. The molecule has 3 aromatic rings. The second-order valence-electron chi connectivity index (χ2n) is 5.50. The van der Waals surface area contributed by atoms with Gasteiger partial charge in [0.05, 0.1) is 5.39 Å². The van der Waals surface area contributed by atoms with Crippen LogP contribution in [0.1, 0.15) is 16.9 Å². The standard InChI is InChI=1S/C16H13N3O3S/c20-12(21)8-19-14(9-3-2-6-17-7-9)18-15-13(16(19)22)10-4-1-5-11(10)23-15/h2-3,6-7H,1,4-5,8H2,(H,20,21). The average Bonchev–Trinajstić information content (AvgIpc) is 3.10. The molecule has 3 heterocycles. The zero-order chi connectivity index (χ0) is 16.0. The third kappa shape index (κ3) is 2.24. The van der Waals surface area contributed by atoms with E-state index < -0.39 is 12.5 Å². The zero-order valence-corrected chi connectivity index (χ0v) is 13.0. The van der Waals surface area contributed by atoms with Gasteiger partial charge in [-0.25, -0.2) is 4.98 Å². The first-order valence-electron chi connectivity index (χ1n) is 7.32.